The third-order valence-electron chi connectivity index (χ3n) is 4.00. The molecule has 2 aromatic heterocycles. The largest absolute Gasteiger partial charge is 0.477 e. The molecule has 0 aliphatic rings. The number of hydrogen-bond acceptors (Lipinski definition) is 5. The van der Waals surface area contributed by atoms with Gasteiger partial charge in [0.15, 0.2) is 5.82 Å². The number of carbonyl (C=O) groups excluding carboxylic acids is 1. The zero-order valence-electron chi connectivity index (χ0n) is 18.8. The third kappa shape index (κ3) is 7.72. The molecule has 0 unspecified atom stereocenters. The van der Waals surface area contributed by atoms with Gasteiger partial charge in [-0.15, -0.1) is 5.10 Å². The van der Waals surface area contributed by atoms with Gasteiger partial charge >= 0.3 is 12.1 Å². The van der Waals surface area contributed by atoms with E-state index in [-0.39, 0.29) is 29.6 Å². The molecular formula is C21H29ClF3N3O3. The summed E-state index contributed by atoms with van der Waals surface area (Å²) >= 11 is 6.10. The molecule has 0 N–H and O–H groups in total. The fraction of sp³-hybridized carbons (Fsp3) is 0.571. The van der Waals surface area contributed by atoms with Crippen molar-refractivity contribution in [1.29, 1.82) is 0 Å². The highest BCUT2D eigenvalue weighted by molar-refractivity contribution is 6.32. The van der Waals surface area contributed by atoms with Crippen molar-refractivity contribution in [3.05, 3.63) is 35.1 Å². The molecule has 174 valence electrons. The highest BCUT2D eigenvalue weighted by Crippen LogP contribution is 2.40. The van der Waals surface area contributed by atoms with Crippen LogP contribution >= 0.6 is 11.6 Å². The average molecular weight is 464 g/mol. The van der Waals surface area contributed by atoms with E-state index in [1.807, 2.05) is 13.8 Å². The van der Waals surface area contributed by atoms with E-state index in [9.17, 15) is 18.0 Å². The Bertz CT molecular complexity index is 875. The molecule has 31 heavy (non-hydrogen) atoms. The number of aromatic nitrogens is 3. The second-order valence-corrected chi connectivity index (χ2v) is 8.45. The van der Waals surface area contributed by atoms with Gasteiger partial charge in [-0.05, 0) is 39.3 Å². The number of carbonyl (C=O) groups is 1. The van der Waals surface area contributed by atoms with Gasteiger partial charge < -0.3 is 9.47 Å². The van der Waals surface area contributed by atoms with Crippen LogP contribution in [0.2, 0.25) is 5.15 Å². The Morgan fingerprint density at radius 2 is 1.71 bits per heavy atom. The van der Waals surface area contributed by atoms with Gasteiger partial charge in [-0.1, -0.05) is 39.3 Å². The van der Waals surface area contributed by atoms with Crippen LogP contribution in [0.4, 0.5) is 13.2 Å². The van der Waals surface area contributed by atoms with Gasteiger partial charge in [-0.25, -0.2) is 14.5 Å². The number of pyridine rings is 1. The smallest absolute Gasteiger partial charge is 0.394 e. The lowest BCUT2D eigenvalue weighted by Crippen LogP contribution is -2.33. The highest BCUT2D eigenvalue weighted by Gasteiger charge is 2.46. The van der Waals surface area contributed by atoms with Crippen LogP contribution in [0.25, 0.3) is 5.82 Å². The molecule has 6 nitrogen and oxygen atoms in total. The van der Waals surface area contributed by atoms with Gasteiger partial charge in [0.1, 0.15) is 10.8 Å². The Hall–Kier alpha value is -2.29. The van der Waals surface area contributed by atoms with Crippen molar-refractivity contribution >= 4 is 17.6 Å². The van der Waals surface area contributed by atoms with Crippen LogP contribution in [0.3, 0.4) is 0 Å². The number of hydrogen-bond donors (Lipinski definition) is 0. The Morgan fingerprint density at radius 3 is 2.23 bits per heavy atom. The normalized spacial score (nSPS) is 12.1. The lowest BCUT2D eigenvalue weighted by molar-refractivity contribution is -0.215. The SMILES string of the molecule is CC.CC(C)(C)OC(=O)c1ccc(-n2ccc(OCCC(C)(C)C(F)(F)F)n2)nc1Cl. The maximum absolute atomic E-state index is 12.9. The topological polar surface area (TPSA) is 66.2 Å². The number of alkyl halides is 3. The minimum absolute atomic E-state index is 0.0540. The fourth-order valence-corrected chi connectivity index (χ4v) is 2.33. The van der Waals surface area contributed by atoms with Crippen molar-refractivity contribution in [3.63, 3.8) is 0 Å². The minimum Gasteiger partial charge on any atom is -0.477 e. The zero-order valence-corrected chi connectivity index (χ0v) is 19.6. The van der Waals surface area contributed by atoms with Crippen molar-refractivity contribution in [3.8, 4) is 11.7 Å². The first-order valence-electron chi connectivity index (χ1n) is 9.85. The molecule has 2 aromatic rings. The van der Waals surface area contributed by atoms with Crippen LogP contribution in [0.1, 0.15) is 65.2 Å². The standard InChI is InChI=1S/C19H23ClF3N3O3.C2H6/c1-17(2,3)29-16(27)12-6-7-13(24-15(12)20)26-10-8-14(25-26)28-11-9-18(4,5)19(21,22)23;1-2/h6-8,10H,9,11H2,1-5H3;1-2H3. The van der Waals surface area contributed by atoms with Crippen LogP contribution in [0, 0.1) is 5.41 Å². The molecule has 0 bridgehead atoms. The summed E-state index contributed by atoms with van der Waals surface area (Å²) in [4.78, 5) is 16.3. The van der Waals surface area contributed by atoms with E-state index < -0.39 is 23.2 Å². The predicted molar refractivity (Wildman–Crippen MR) is 113 cm³/mol. The number of ether oxygens (including phenoxy) is 2. The van der Waals surface area contributed by atoms with Crippen molar-refractivity contribution in [1.82, 2.24) is 14.8 Å². The van der Waals surface area contributed by atoms with Gasteiger partial charge in [-0.3, -0.25) is 0 Å². The maximum Gasteiger partial charge on any atom is 0.394 e. The van der Waals surface area contributed by atoms with Crippen LogP contribution in [-0.4, -0.2) is 39.1 Å². The molecule has 0 atom stereocenters. The molecule has 0 aliphatic heterocycles. The number of nitrogens with zero attached hydrogens (tertiary/aromatic N) is 3. The van der Waals surface area contributed by atoms with Crippen LogP contribution in [0.15, 0.2) is 24.4 Å². The summed E-state index contributed by atoms with van der Waals surface area (Å²) in [6.07, 6.45) is -3.00. The van der Waals surface area contributed by atoms with E-state index in [4.69, 9.17) is 21.1 Å². The molecule has 0 aromatic carbocycles. The summed E-state index contributed by atoms with van der Waals surface area (Å²) < 4.78 is 50.5. The molecule has 0 aliphatic carbocycles. The number of halogens is 4. The summed E-state index contributed by atoms with van der Waals surface area (Å²) in [6, 6.07) is 4.49. The number of esters is 1. The summed E-state index contributed by atoms with van der Waals surface area (Å²) in [5.74, 6) is -0.136. The maximum atomic E-state index is 12.9. The van der Waals surface area contributed by atoms with Crippen LogP contribution in [-0.2, 0) is 4.74 Å². The monoisotopic (exact) mass is 463 g/mol. The quantitative estimate of drug-likeness (QED) is 0.373. The van der Waals surface area contributed by atoms with Crippen molar-refractivity contribution in [2.45, 2.75) is 66.7 Å². The molecule has 0 amide bonds. The van der Waals surface area contributed by atoms with Crippen LogP contribution in [0.5, 0.6) is 5.88 Å². The molecule has 0 spiro atoms. The molecule has 2 rings (SSSR count). The highest BCUT2D eigenvalue weighted by atomic mass is 35.5. The zero-order chi connectivity index (χ0) is 24.0. The Labute approximate surface area is 185 Å². The van der Waals surface area contributed by atoms with E-state index in [0.29, 0.717) is 5.82 Å². The lowest BCUT2D eigenvalue weighted by Gasteiger charge is -2.27. The Balaban J connectivity index is 0.00000233. The summed E-state index contributed by atoms with van der Waals surface area (Å²) in [5.41, 5.74) is -2.42. The first-order chi connectivity index (χ1) is 14.2. The second-order valence-electron chi connectivity index (χ2n) is 8.09. The van der Waals surface area contributed by atoms with E-state index in [2.05, 4.69) is 10.1 Å². The van der Waals surface area contributed by atoms with Crippen LogP contribution < -0.4 is 4.74 Å². The van der Waals surface area contributed by atoms with Gasteiger partial charge in [-0.2, -0.15) is 13.2 Å². The molecule has 2 heterocycles. The van der Waals surface area contributed by atoms with E-state index in [1.54, 1.807) is 20.8 Å². The van der Waals surface area contributed by atoms with E-state index in [1.165, 1.54) is 29.1 Å². The van der Waals surface area contributed by atoms with E-state index in [0.717, 1.165) is 13.8 Å². The Kier molecular flexibility index (Phi) is 8.93. The van der Waals surface area contributed by atoms with Crippen molar-refractivity contribution in [2.75, 3.05) is 6.61 Å². The summed E-state index contributed by atoms with van der Waals surface area (Å²) in [5, 5.41) is 4.06. The number of rotatable bonds is 6. The van der Waals surface area contributed by atoms with E-state index >= 15 is 0 Å². The summed E-state index contributed by atoms with van der Waals surface area (Å²) in [6.45, 7) is 11.3. The molecule has 0 fully saturated rings. The first-order valence-corrected chi connectivity index (χ1v) is 10.2. The lowest BCUT2D eigenvalue weighted by atomic mass is 9.89. The minimum atomic E-state index is -4.31. The summed E-state index contributed by atoms with van der Waals surface area (Å²) in [7, 11) is 0. The van der Waals surface area contributed by atoms with Crippen molar-refractivity contribution in [2.24, 2.45) is 5.41 Å². The molecule has 10 heteroatoms. The third-order valence-corrected chi connectivity index (χ3v) is 4.28. The fourth-order valence-electron chi connectivity index (χ4n) is 2.10. The first kappa shape index (κ1) is 26.7. The van der Waals surface area contributed by atoms with Crippen molar-refractivity contribution < 1.29 is 27.4 Å². The molecule has 0 saturated heterocycles. The van der Waals surface area contributed by atoms with Gasteiger partial charge in [0.25, 0.3) is 0 Å². The van der Waals surface area contributed by atoms with Gasteiger partial charge in [0, 0.05) is 12.3 Å². The molecular weight excluding hydrogens is 435 g/mol. The second kappa shape index (κ2) is 10.3. The molecule has 0 saturated carbocycles. The van der Waals surface area contributed by atoms with Gasteiger partial charge in [0.05, 0.1) is 17.6 Å². The Morgan fingerprint density at radius 1 is 1.10 bits per heavy atom. The predicted octanol–water partition coefficient (Wildman–Crippen LogP) is 6.26. The van der Waals surface area contributed by atoms with Gasteiger partial charge in [0.2, 0.25) is 5.88 Å². The molecule has 0 radical (unpaired) electrons. The average Bonchev–Trinajstić information content (AvgIpc) is 3.09.